The van der Waals surface area contributed by atoms with Gasteiger partial charge in [-0.05, 0) is 14.1 Å². The average Bonchev–Trinajstić information content (AvgIpc) is 1.97. The van der Waals surface area contributed by atoms with Gasteiger partial charge in [0.1, 0.15) is 0 Å². The Morgan fingerprint density at radius 3 is 2.55 bits per heavy atom. The van der Waals surface area contributed by atoms with E-state index < -0.39 is 0 Å². The molecule has 0 aliphatic heterocycles. The molecular formula is C7H16N2OS. The highest BCUT2D eigenvalue weighted by Crippen LogP contribution is 2.02. The lowest BCUT2D eigenvalue weighted by Gasteiger charge is -2.13. The monoisotopic (exact) mass is 176 g/mol. The van der Waals surface area contributed by atoms with Crippen molar-refractivity contribution in [3.63, 3.8) is 0 Å². The molecular weight excluding hydrogens is 160 g/mol. The standard InChI is InChI=1S/C7H16N2OS/c1-6(10)11-5-7(9-3)4-8-2/h7-9H,4-5H2,1-3H3. The number of rotatable bonds is 5. The van der Waals surface area contributed by atoms with Crippen LogP contribution in [0.1, 0.15) is 6.92 Å². The zero-order chi connectivity index (χ0) is 8.69. The quantitative estimate of drug-likeness (QED) is 0.622. The fraction of sp³-hybridized carbons (Fsp3) is 0.857. The number of hydrogen-bond donors (Lipinski definition) is 2. The maximum absolute atomic E-state index is 10.6. The molecule has 4 heteroatoms. The molecule has 0 aliphatic carbocycles. The summed E-state index contributed by atoms with van der Waals surface area (Å²) in [5.74, 6) is 0.840. The lowest BCUT2D eigenvalue weighted by molar-refractivity contribution is -0.109. The van der Waals surface area contributed by atoms with Crippen molar-refractivity contribution in [1.82, 2.24) is 10.6 Å². The zero-order valence-electron chi connectivity index (χ0n) is 7.31. The van der Waals surface area contributed by atoms with Crippen molar-refractivity contribution in [1.29, 1.82) is 0 Å². The summed E-state index contributed by atoms with van der Waals surface area (Å²) < 4.78 is 0. The van der Waals surface area contributed by atoms with Crippen LogP contribution in [-0.2, 0) is 4.79 Å². The Morgan fingerprint density at radius 1 is 1.55 bits per heavy atom. The van der Waals surface area contributed by atoms with Crippen LogP contribution in [0.25, 0.3) is 0 Å². The minimum Gasteiger partial charge on any atom is -0.318 e. The lowest BCUT2D eigenvalue weighted by atomic mass is 10.3. The fourth-order valence-corrected chi connectivity index (χ4v) is 1.43. The van der Waals surface area contributed by atoms with Crippen molar-refractivity contribution >= 4 is 16.9 Å². The van der Waals surface area contributed by atoms with Crippen LogP contribution in [0.2, 0.25) is 0 Å². The van der Waals surface area contributed by atoms with E-state index in [1.807, 2.05) is 14.1 Å². The number of likely N-dealkylation sites (N-methyl/N-ethyl adjacent to an activating group) is 2. The number of hydrogen-bond acceptors (Lipinski definition) is 4. The molecule has 66 valence electrons. The fourth-order valence-electron chi connectivity index (χ4n) is 0.709. The van der Waals surface area contributed by atoms with Crippen LogP contribution in [0, 0.1) is 0 Å². The number of nitrogens with one attached hydrogen (secondary N) is 2. The molecule has 0 fully saturated rings. The minimum absolute atomic E-state index is 0.182. The second-order valence-electron chi connectivity index (χ2n) is 2.35. The second-order valence-corrected chi connectivity index (χ2v) is 3.54. The molecule has 0 saturated carbocycles. The summed E-state index contributed by atoms with van der Waals surface area (Å²) in [5, 5.41) is 6.36. The maximum Gasteiger partial charge on any atom is 0.185 e. The van der Waals surface area contributed by atoms with Gasteiger partial charge in [-0.1, -0.05) is 11.8 Å². The third-order valence-electron chi connectivity index (χ3n) is 1.35. The molecule has 1 atom stereocenters. The van der Waals surface area contributed by atoms with Crippen LogP contribution in [0.3, 0.4) is 0 Å². The Hall–Kier alpha value is -0.0600. The Balaban J connectivity index is 3.43. The largest absolute Gasteiger partial charge is 0.318 e. The van der Waals surface area contributed by atoms with E-state index in [-0.39, 0.29) is 5.12 Å². The van der Waals surface area contributed by atoms with E-state index in [1.165, 1.54) is 11.8 Å². The molecule has 0 rings (SSSR count). The van der Waals surface area contributed by atoms with Crippen molar-refractivity contribution in [3.05, 3.63) is 0 Å². The molecule has 0 saturated heterocycles. The molecule has 11 heavy (non-hydrogen) atoms. The predicted octanol–water partition coefficient (Wildman–Crippen LogP) is 0.0735. The van der Waals surface area contributed by atoms with E-state index in [1.54, 1.807) is 6.92 Å². The van der Waals surface area contributed by atoms with Crippen molar-refractivity contribution in [3.8, 4) is 0 Å². The summed E-state index contributed by atoms with van der Waals surface area (Å²) in [5.41, 5.74) is 0. The number of carbonyl (C=O) groups is 1. The van der Waals surface area contributed by atoms with E-state index in [9.17, 15) is 4.79 Å². The molecule has 0 aromatic rings. The molecule has 0 aromatic carbocycles. The predicted molar refractivity (Wildman–Crippen MR) is 49.9 cm³/mol. The van der Waals surface area contributed by atoms with Gasteiger partial charge in [0.2, 0.25) is 0 Å². The van der Waals surface area contributed by atoms with Crippen LogP contribution in [-0.4, -0.2) is 37.6 Å². The van der Waals surface area contributed by atoms with Crippen molar-refractivity contribution in [2.75, 3.05) is 26.4 Å². The van der Waals surface area contributed by atoms with E-state index in [0.29, 0.717) is 6.04 Å². The minimum atomic E-state index is 0.182. The maximum atomic E-state index is 10.6. The highest BCUT2D eigenvalue weighted by molar-refractivity contribution is 8.13. The van der Waals surface area contributed by atoms with Gasteiger partial charge in [-0.15, -0.1) is 0 Å². The molecule has 1 unspecified atom stereocenters. The highest BCUT2D eigenvalue weighted by atomic mass is 32.2. The van der Waals surface area contributed by atoms with Gasteiger partial charge in [0.05, 0.1) is 0 Å². The van der Waals surface area contributed by atoms with Gasteiger partial charge < -0.3 is 10.6 Å². The van der Waals surface area contributed by atoms with Crippen LogP contribution < -0.4 is 10.6 Å². The van der Waals surface area contributed by atoms with E-state index in [2.05, 4.69) is 10.6 Å². The Kier molecular flexibility index (Phi) is 6.60. The van der Waals surface area contributed by atoms with Gasteiger partial charge in [-0.2, -0.15) is 0 Å². The van der Waals surface area contributed by atoms with Crippen molar-refractivity contribution in [2.45, 2.75) is 13.0 Å². The van der Waals surface area contributed by atoms with Crippen LogP contribution in [0.5, 0.6) is 0 Å². The average molecular weight is 176 g/mol. The molecule has 0 aliphatic rings. The van der Waals surface area contributed by atoms with Crippen molar-refractivity contribution in [2.24, 2.45) is 0 Å². The van der Waals surface area contributed by atoms with Gasteiger partial charge >= 0.3 is 0 Å². The third-order valence-corrected chi connectivity index (χ3v) is 2.32. The first-order valence-corrected chi connectivity index (χ1v) is 4.64. The number of carbonyl (C=O) groups excluding carboxylic acids is 1. The smallest absolute Gasteiger partial charge is 0.185 e. The SMILES string of the molecule is CNCC(CSC(C)=O)NC. The summed E-state index contributed by atoms with van der Waals surface area (Å²) in [4.78, 5) is 10.6. The normalized spacial score (nSPS) is 13.0. The molecule has 0 amide bonds. The molecule has 0 heterocycles. The van der Waals surface area contributed by atoms with Gasteiger partial charge in [0.15, 0.2) is 5.12 Å². The zero-order valence-corrected chi connectivity index (χ0v) is 8.12. The summed E-state index contributed by atoms with van der Waals surface area (Å²) in [6.45, 7) is 2.49. The molecule has 2 N–H and O–H groups in total. The van der Waals surface area contributed by atoms with E-state index >= 15 is 0 Å². The molecule has 0 spiro atoms. The van der Waals surface area contributed by atoms with Gasteiger partial charge in [0.25, 0.3) is 0 Å². The molecule has 0 aromatic heterocycles. The first kappa shape index (κ1) is 10.9. The van der Waals surface area contributed by atoms with E-state index in [4.69, 9.17) is 0 Å². The number of thioether (sulfide) groups is 1. The van der Waals surface area contributed by atoms with Gasteiger partial charge in [-0.25, -0.2) is 0 Å². The van der Waals surface area contributed by atoms with Crippen LogP contribution in [0.4, 0.5) is 0 Å². The van der Waals surface area contributed by atoms with E-state index in [0.717, 1.165) is 12.3 Å². The second kappa shape index (κ2) is 6.64. The molecule has 0 bridgehead atoms. The van der Waals surface area contributed by atoms with Crippen molar-refractivity contribution < 1.29 is 4.79 Å². The van der Waals surface area contributed by atoms with Gasteiger partial charge in [0, 0.05) is 25.3 Å². The Morgan fingerprint density at radius 2 is 2.18 bits per heavy atom. The van der Waals surface area contributed by atoms with Crippen LogP contribution >= 0.6 is 11.8 Å². The summed E-state index contributed by atoms with van der Waals surface area (Å²) in [6, 6.07) is 0.383. The highest BCUT2D eigenvalue weighted by Gasteiger charge is 2.05. The summed E-state index contributed by atoms with van der Waals surface area (Å²) >= 11 is 1.36. The lowest BCUT2D eigenvalue weighted by Crippen LogP contribution is -2.37. The molecule has 0 radical (unpaired) electrons. The molecule has 3 nitrogen and oxygen atoms in total. The topological polar surface area (TPSA) is 41.1 Å². The first-order chi connectivity index (χ1) is 5.20. The Bertz CT molecular complexity index is 119. The van der Waals surface area contributed by atoms with Gasteiger partial charge in [-0.3, -0.25) is 4.79 Å². The van der Waals surface area contributed by atoms with Crippen LogP contribution in [0.15, 0.2) is 0 Å². The first-order valence-electron chi connectivity index (χ1n) is 3.66. The summed E-state index contributed by atoms with van der Waals surface area (Å²) in [6.07, 6.45) is 0. The third kappa shape index (κ3) is 6.34. The Labute approximate surface area is 72.3 Å². The summed E-state index contributed by atoms with van der Waals surface area (Å²) in [7, 11) is 3.81.